The number of hydrogen-bond donors (Lipinski definition) is 2. The van der Waals surface area contributed by atoms with Crippen molar-refractivity contribution in [1.82, 2.24) is 5.32 Å². The molecule has 0 heterocycles. The van der Waals surface area contributed by atoms with Gasteiger partial charge in [0.05, 0.1) is 10.6 Å². The van der Waals surface area contributed by atoms with Crippen molar-refractivity contribution in [1.29, 1.82) is 0 Å². The van der Waals surface area contributed by atoms with Crippen LogP contribution in [0.5, 0.6) is 5.75 Å². The summed E-state index contributed by atoms with van der Waals surface area (Å²) in [5.41, 5.74) is -0.155. The monoisotopic (exact) mass is 458 g/mol. The molecule has 0 aliphatic heterocycles. The predicted octanol–water partition coefficient (Wildman–Crippen LogP) is 3.68. The molecule has 0 saturated heterocycles. The Balaban J connectivity index is 2.10. The van der Waals surface area contributed by atoms with E-state index in [1.54, 1.807) is 6.92 Å². The number of rotatable bonds is 7. The molecular weight excluding hydrogens is 439 g/mol. The Hall–Kier alpha value is -2.13. The van der Waals surface area contributed by atoms with Crippen LogP contribution in [0, 0.1) is 5.82 Å². The third-order valence-electron chi connectivity index (χ3n) is 3.42. The number of halogens is 2. The number of amides is 1. The van der Waals surface area contributed by atoms with Gasteiger partial charge in [0, 0.05) is 10.5 Å². The first kappa shape index (κ1) is 21.2. The van der Waals surface area contributed by atoms with E-state index in [2.05, 4.69) is 26.0 Å². The summed E-state index contributed by atoms with van der Waals surface area (Å²) in [7, 11) is -3.97. The average Bonchev–Trinajstić information content (AvgIpc) is 2.57. The summed E-state index contributed by atoms with van der Waals surface area (Å²) in [4.78, 5) is 11.8. The summed E-state index contributed by atoms with van der Waals surface area (Å²) < 4.78 is 46.9. The molecule has 2 rings (SSSR count). The van der Waals surface area contributed by atoms with Crippen LogP contribution in [0.25, 0.3) is 0 Å². The van der Waals surface area contributed by atoms with Crippen LogP contribution in [0.3, 0.4) is 0 Å². The first-order chi connectivity index (χ1) is 12.6. The molecule has 6 nitrogen and oxygen atoms in total. The quantitative estimate of drug-likeness (QED) is 0.662. The minimum atomic E-state index is -3.97. The molecule has 9 heteroatoms. The molecule has 1 amide bonds. The number of sulfonamides is 1. The van der Waals surface area contributed by atoms with Gasteiger partial charge in [-0.3, -0.25) is 9.52 Å². The Morgan fingerprint density at radius 2 is 1.74 bits per heavy atom. The van der Waals surface area contributed by atoms with Crippen LogP contribution in [0.2, 0.25) is 0 Å². The largest absolute Gasteiger partial charge is 0.481 e. The van der Waals surface area contributed by atoms with Crippen LogP contribution < -0.4 is 14.8 Å². The van der Waals surface area contributed by atoms with E-state index in [1.165, 1.54) is 42.5 Å². The molecular formula is C18H20BrFN2O4S. The fourth-order valence-electron chi connectivity index (χ4n) is 2.13. The Morgan fingerprint density at radius 1 is 1.11 bits per heavy atom. The highest BCUT2D eigenvalue weighted by atomic mass is 79.9. The number of ether oxygens (including phenoxy) is 1. The molecule has 0 spiro atoms. The molecule has 2 aromatic carbocycles. The van der Waals surface area contributed by atoms with E-state index in [4.69, 9.17) is 4.74 Å². The second-order valence-electron chi connectivity index (χ2n) is 6.12. The highest BCUT2D eigenvalue weighted by Gasteiger charge is 2.18. The lowest BCUT2D eigenvalue weighted by atomic mass is 10.3. The molecule has 1 atom stereocenters. The van der Waals surface area contributed by atoms with Gasteiger partial charge in [0.25, 0.3) is 15.9 Å². The fourth-order valence-corrected chi connectivity index (χ4v) is 3.53. The van der Waals surface area contributed by atoms with Crippen molar-refractivity contribution < 1.29 is 22.3 Å². The summed E-state index contributed by atoms with van der Waals surface area (Å²) in [5.74, 6) is -0.623. The number of carbonyl (C=O) groups is 1. The van der Waals surface area contributed by atoms with Gasteiger partial charge in [-0.05, 0) is 63.2 Å². The van der Waals surface area contributed by atoms with E-state index >= 15 is 0 Å². The highest BCUT2D eigenvalue weighted by Crippen LogP contribution is 2.24. The molecule has 0 aliphatic rings. The lowest BCUT2D eigenvalue weighted by Crippen LogP contribution is -2.40. The molecule has 0 aromatic heterocycles. The van der Waals surface area contributed by atoms with Crippen molar-refractivity contribution in [3.05, 3.63) is 52.8 Å². The number of hydrogen-bond acceptors (Lipinski definition) is 4. The summed E-state index contributed by atoms with van der Waals surface area (Å²) in [6, 6.07) is 9.52. The summed E-state index contributed by atoms with van der Waals surface area (Å²) in [6.07, 6.45) is -0.732. The summed E-state index contributed by atoms with van der Waals surface area (Å²) in [6.45, 7) is 5.28. The Labute approximate surface area is 166 Å². The molecule has 0 fully saturated rings. The van der Waals surface area contributed by atoms with Gasteiger partial charge < -0.3 is 10.1 Å². The Bertz CT molecular complexity index is 917. The first-order valence-corrected chi connectivity index (χ1v) is 10.4. The molecule has 0 unspecified atom stereocenters. The molecule has 0 radical (unpaired) electrons. The van der Waals surface area contributed by atoms with Gasteiger partial charge in [-0.2, -0.15) is 0 Å². The third kappa shape index (κ3) is 5.93. The van der Waals surface area contributed by atoms with Gasteiger partial charge >= 0.3 is 0 Å². The lowest BCUT2D eigenvalue weighted by Gasteiger charge is -2.16. The van der Waals surface area contributed by atoms with Crippen molar-refractivity contribution >= 4 is 37.5 Å². The average molecular weight is 459 g/mol. The zero-order valence-corrected chi connectivity index (χ0v) is 17.4. The van der Waals surface area contributed by atoms with E-state index in [0.29, 0.717) is 10.2 Å². The predicted molar refractivity (Wildman–Crippen MR) is 105 cm³/mol. The van der Waals surface area contributed by atoms with Crippen molar-refractivity contribution in [2.24, 2.45) is 0 Å². The SMILES string of the molecule is CC(C)NC(=O)[C@H](C)Oc1ccc(S(=O)(=O)Nc2ccc(Br)cc2F)cc1. The van der Waals surface area contributed by atoms with Gasteiger partial charge in [-0.1, -0.05) is 15.9 Å². The molecule has 2 N–H and O–H groups in total. The van der Waals surface area contributed by atoms with Crippen LogP contribution in [0.1, 0.15) is 20.8 Å². The van der Waals surface area contributed by atoms with Crippen LogP contribution in [-0.4, -0.2) is 26.5 Å². The van der Waals surface area contributed by atoms with Gasteiger partial charge in [-0.15, -0.1) is 0 Å². The van der Waals surface area contributed by atoms with E-state index in [9.17, 15) is 17.6 Å². The number of nitrogens with one attached hydrogen (secondary N) is 2. The molecule has 146 valence electrons. The van der Waals surface area contributed by atoms with Crippen molar-refractivity contribution in [3.8, 4) is 5.75 Å². The molecule has 27 heavy (non-hydrogen) atoms. The van der Waals surface area contributed by atoms with Crippen molar-refractivity contribution in [3.63, 3.8) is 0 Å². The summed E-state index contributed by atoms with van der Waals surface area (Å²) >= 11 is 3.11. The molecule has 0 saturated carbocycles. The lowest BCUT2D eigenvalue weighted by molar-refractivity contribution is -0.127. The number of anilines is 1. The molecule has 0 bridgehead atoms. The van der Waals surface area contributed by atoms with Crippen LogP contribution >= 0.6 is 15.9 Å². The van der Waals surface area contributed by atoms with Crippen LogP contribution in [0.15, 0.2) is 51.8 Å². The number of carbonyl (C=O) groups excluding carboxylic acids is 1. The fraction of sp³-hybridized carbons (Fsp3) is 0.278. The van der Waals surface area contributed by atoms with Gasteiger partial charge in [0.15, 0.2) is 6.10 Å². The second-order valence-corrected chi connectivity index (χ2v) is 8.72. The standard InChI is InChI=1S/C18H20BrFN2O4S/c1-11(2)21-18(23)12(3)26-14-5-7-15(8-6-14)27(24,25)22-17-9-4-13(19)10-16(17)20/h4-12,22H,1-3H3,(H,21,23)/t12-/m0/s1. The summed E-state index contributed by atoms with van der Waals surface area (Å²) in [5, 5.41) is 2.73. The minimum Gasteiger partial charge on any atom is -0.481 e. The zero-order valence-electron chi connectivity index (χ0n) is 15.0. The highest BCUT2D eigenvalue weighted by molar-refractivity contribution is 9.10. The van der Waals surface area contributed by atoms with Gasteiger partial charge in [-0.25, -0.2) is 12.8 Å². The smallest absolute Gasteiger partial charge is 0.261 e. The van der Waals surface area contributed by atoms with Gasteiger partial charge in [0.2, 0.25) is 0 Å². The van der Waals surface area contributed by atoms with E-state index < -0.39 is 21.9 Å². The van der Waals surface area contributed by atoms with Gasteiger partial charge in [0.1, 0.15) is 11.6 Å². The third-order valence-corrected chi connectivity index (χ3v) is 5.30. The van der Waals surface area contributed by atoms with E-state index in [-0.39, 0.29) is 22.5 Å². The molecule has 0 aliphatic carbocycles. The van der Waals surface area contributed by atoms with Crippen LogP contribution in [0.4, 0.5) is 10.1 Å². The minimum absolute atomic E-state index is 0.0128. The Kier molecular flexibility index (Phi) is 6.83. The normalized spacial score (nSPS) is 12.5. The zero-order chi connectivity index (χ0) is 20.2. The first-order valence-electron chi connectivity index (χ1n) is 8.13. The second kappa shape index (κ2) is 8.71. The maximum absolute atomic E-state index is 13.9. The van der Waals surface area contributed by atoms with Crippen molar-refractivity contribution in [2.75, 3.05) is 4.72 Å². The Morgan fingerprint density at radius 3 is 2.30 bits per heavy atom. The maximum atomic E-state index is 13.9. The topological polar surface area (TPSA) is 84.5 Å². The van der Waals surface area contributed by atoms with E-state index in [1.807, 2.05) is 13.8 Å². The maximum Gasteiger partial charge on any atom is 0.261 e. The molecule has 2 aromatic rings. The van der Waals surface area contributed by atoms with E-state index in [0.717, 1.165) is 0 Å². The van der Waals surface area contributed by atoms with Crippen molar-refractivity contribution in [2.45, 2.75) is 37.8 Å². The number of benzene rings is 2. The van der Waals surface area contributed by atoms with Crippen LogP contribution in [-0.2, 0) is 14.8 Å².